The van der Waals surface area contributed by atoms with Gasteiger partial charge in [-0.25, -0.2) is 0 Å². The molecule has 94 valence electrons. The van der Waals surface area contributed by atoms with Gasteiger partial charge in [0.05, 0.1) is 6.42 Å². The summed E-state index contributed by atoms with van der Waals surface area (Å²) in [5, 5.41) is 2.91. The van der Waals surface area contributed by atoms with E-state index in [0.29, 0.717) is 24.7 Å². The number of nitrogens with zero attached hydrogens (tertiary/aromatic N) is 1. The van der Waals surface area contributed by atoms with Gasteiger partial charge >= 0.3 is 0 Å². The number of hydrogen-bond donors (Lipinski definition) is 2. The van der Waals surface area contributed by atoms with Crippen molar-refractivity contribution in [2.45, 2.75) is 19.4 Å². The number of rotatable bonds is 5. The van der Waals surface area contributed by atoms with Crippen LogP contribution in [0.4, 0.5) is 5.69 Å². The molecular formula is C13H21N3O. The van der Waals surface area contributed by atoms with Gasteiger partial charge in [-0.15, -0.1) is 0 Å². The van der Waals surface area contributed by atoms with E-state index in [2.05, 4.69) is 17.1 Å². The van der Waals surface area contributed by atoms with Gasteiger partial charge in [0, 0.05) is 18.3 Å². The number of nitrogens with one attached hydrogen (secondary N) is 1. The van der Waals surface area contributed by atoms with Crippen LogP contribution in [0.5, 0.6) is 0 Å². The van der Waals surface area contributed by atoms with Gasteiger partial charge in [0.15, 0.2) is 0 Å². The lowest BCUT2D eigenvalue weighted by Gasteiger charge is -2.19. The van der Waals surface area contributed by atoms with Crippen molar-refractivity contribution in [1.82, 2.24) is 10.2 Å². The summed E-state index contributed by atoms with van der Waals surface area (Å²) in [5.41, 5.74) is 7.29. The highest BCUT2D eigenvalue weighted by molar-refractivity contribution is 5.78. The SMILES string of the molecule is CC(CNC(=O)Cc1cccc(N)c1)N(C)C. The van der Waals surface area contributed by atoms with Gasteiger partial charge in [0.2, 0.25) is 5.91 Å². The Labute approximate surface area is 103 Å². The quantitative estimate of drug-likeness (QED) is 0.745. The number of likely N-dealkylation sites (N-methyl/N-ethyl adjacent to an activating group) is 1. The number of carbonyl (C=O) groups excluding carboxylic acids is 1. The van der Waals surface area contributed by atoms with Crippen LogP contribution in [0.25, 0.3) is 0 Å². The number of nitrogen functional groups attached to an aromatic ring is 1. The average molecular weight is 235 g/mol. The minimum atomic E-state index is 0.0318. The number of amides is 1. The fourth-order valence-electron chi connectivity index (χ4n) is 1.40. The molecule has 4 heteroatoms. The molecule has 1 amide bonds. The Hall–Kier alpha value is -1.55. The molecule has 0 aliphatic carbocycles. The maximum atomic E-state index is 11.7. The standard InChI is InChI=1S/C13H21N3O/c1-10(16(2)3)9-15-13(17)8-11-5-4-6-12(14)7-11/h4-7,10H,8-9,14H2,1-3H3,(H,15,17). The van der Waals surface area contributed by atoms with Gasteiger partial charge in [0.1, 0.15) is 0 Å². The monoisotopic (exact) mass is 235 g/mol. The lowest BCUT2D eigenvalue weighted by Crippen LogP contribution is -2.38. The second-order valence-electron chi connectivity index (χ2n) is 4.54. The Morgan fingerprint density at radius 2 is 2.18 bits per heavy atom. The van der Waals surface area contributed by atoms with Crippen molar-refractivity contribution in [3.63, 3.8) is 0 Å². The molecule has 0 radical (unpaired) electrons. The fourth-order valence-corrected chi connectivity index (χ4v) is 1.40. The topological polar surface area (TPSA) is 58.4 Å². The van der Waals surface area contributed by atoms with Gasteiger partial charge in [-0.1, -0.05) is 12.1 Å². The maximum Gasteiger partial charge on any atom is 0.224 e. The van der Waals surface area contributed by atoms with E-state index in [1.54, 1.807) is 0 Å². The molecule has 0 aliphatic rings. The van der Waals surface area contributed by atoms with E-state index in [9.17, 15) is 4.79 Å². The maximum absolute atomic E-state index is 11.7. The molecule has 0 aliphatic heterocycles. The molecule has 1 rings (SSSR count). The highest BCUT2D eigenvalue weighted by Gasteiger charge is 2.07. The van der Waals surface area contributed by atoms with Crippen LogP contribution in [0.2, 0.25) is 0 Å². The first-order valence-electron chi connectivity index (χ1n) is 5.76. The molecule has 0 bridgehead atoms. The highest BCUT2D eigenvalue weighted by Crippen LogP contribution is 2.06. The predicted octanol–water partition coefficient (Wildman–Crippen LogP) is 0.878. The van der Waals surface area contributed by atoms with E-state index in [1.165, 1.54) is 0 Å². The first-order valence-corrected chi connectivity index (χ1v) is 5.76. The van der Waals surface area contributed by atoms with E-state index in [4.69, 9.17) is 5.73 Å². The molecule has 3 N–H and O–H groups in total. The molecular weight excluding hydrogens is 214 g/mol. The lowest BCUT2D eigenvalue weighted by molar-refractivity contribution is -0.120. The smallest absolute Gasteiger partial charge is 0.224 e. The van der Waals surface area contributed by atoms with Crippen molar-refractivity contribution in [2.75, 3.05) is 26.4 Å². The van der Waals surface area contributed by atoms with Gasteiger partial charge < -0.3 is 16.0 Å². The Kier molecular flexibility index (Phi) is 4.97. The summed E-state index contributed by atoms with van der Waals surface area (Å²) in [6.07, 6.45) is 0.380. The zero-order valence-corrected chi connectivity index (χ0v) is 10.7. The molecule has 0 saturated carbocycles. The highest BCUT2D eigenvalue weighted by atomic mass is 16.1. The van der Waals surface area contributed by atoms with E-state index >= 15 is 0 Å². The largest absolute Gasteiger partial charge is 0.399 e. The summed E-state index contributed by atoms with van der Waals surface area (Å²) in [6.45, 7) is 2.73. The summed E-state index contributed by atoms with van der Waals surface area (Å²) in [6, 6.07) is 7.75. The Bertz CT molecular complexity index is 377. The van der Waals surface area contributed by atoms with Gasteiger partial charge in [0.25, 0.3) is 0 Å². The van der Waals surface area contributed by atoms with Crippen LogP contribution in [0.1, 0.15) is 12.5 Å². The third kappa shape index (κ3) is 4.87. The van der Waals surface area contributed by atoms with Crippen LogP contribution >= 0.6 is 0 Å². The van der Waals surface area contributed by atoms with Crippen molar-refractivity contribution in [3.8, 4) is 0 Å². The van der Waals surface area contributed by atoms with Crippen molar-refractivity contribution in [2.24, 2.45) is 0 Å². The Morgan fingerprint density at radius 1 is 1.47 bits per heavy atom. The average Bonchev–Trinajstić information content (AvgIpc) is 2.25. The third-order valence-corrected chi connectivity index (χ3v) is 2.79. The number of hydrogen-bond acceptors (Lipinski definition) is 3. The molecule has 0 heterocycles. The number of anilines is 1. The molecule has 0 fully saturated rings. The predicted molar refractivity (Wildman–Crippen MR) is 70.7 cm³/mol. The second kappa shape index (κ2) is 6.25. The van der Waals surface area contributed by atoms with E-state index < -0.39 is 0 Å². The van der Waals surface area contributed by atoms with Gasteiger partial charge in [-0.3, -0.25) is 4.79 Å². The normalized spacial score (nSPS) is 12.5. The number of carbonyl (C=O) groups is 1. The number of benzene rings is 1. The molecule has 0 aromatic heterocycles. The van der Waals surface area contributed by atoms with E-state index in [-0.39, 0.29) is 5.91 Å². The van der Waals surface area contributed by atoms with Crippen molar-refractivity contribution >= 4 is 11.6 Å². The van der Waals surface area contributed by atoms with Crippen molar-refractivity contribution in [1.29, 1.82) is 0 Å². The fraction of sp³-hybridized carbons (Fsp3) is 0.462. The summed E-state index contributed by atoms with van der Waals surface area (Å²) in [4.78, 5) is 13.8. The first kappa shape index (κ1) is 13.5. The zero-order valence-electron chi connectivity index (χ0n) is 10.7. The van der Waals surface area contributed by atoms with Crippen LogP contribution in [-0.4, -0.2) is 37.5 Å². The van der Waals surface area contributed by atoms with E-state index in [1.807, 2.05) is 38.4 Å². The third-order valence-electron chi connectivity index (χ3n) is 2.79. The van der Waals surface area contributed by atoms with Crippen molar-refractivity contribution in [3.05, 3.63) is 29.8 Å². The molecule has 1 aromatic rings. The lowest BCUT2D eigenvalue weighted by atomic mass is 10.1. The summed E-state index contributed by atoms with van der Waals surface area (Å²) in [5.74, 6) is 0.0318. The van der Waals surface area contributed by atoms with Crippen LogP contribution in [0.3, 0.4) is 0 Å². The molecule has 4 nitrogen and oxygen atoms in total. The second-order valence-corrected chi connectivity index (χ2v) is 4.54. The minimum absolute atomic E-state index is 0.0318. The van der Waals surface area contributed by atoms with Gasteiger partial charge in [-0.05, 0) is 38.7 Å². The van der Waals surface area contributed by atoms with Gasteiger partial charge in [-0.2, -0.15) is 0 Å². The van der Waals surface area contributed by atoms with Crippen LogP contribution in [-0.2, 0) is 11.2 Å². The number of nitrogens with two attached hydrogens (primary N) is 1. The summed E-state index contributed by atoms with van der Waals surface area (Å²) < 4.78 is 0. The molecule has 1 unspecified atom stereocenters. The Morgan fingerprint density at radius 3 is 2.76 bits per heavy atom. The zero-order chi connectivity index (χ0) is 12.8. The molecule has 1 aromatic carbocycles. The van der Waals surface area contributed by atoms with E-state index in [0.717, 1.165) is 5.56 Å². The van der Waals surface area contributed by atoms with Crippen LogP contribution in [0, 0.1) is 0 Å². The van der Waals surface area contributed by atoms with Crippen LogP contribution < -0.4 is 11.1 Å². The first-order chi connectivity index (χ1) is 7.99. The summed E-state index contributed by atoms with van der Waals surface area (Å²) >= 11 is 0. The molecule has 1 atom stereocenters. The molecule has 0 saturated heterocycles. The minimum Gasteiger partial charge on any atom is -0.399 e. The van der Waals surface area contributed by atoms with Crippen LogP contribution in [0.15, 0.2) is 24.3 Å². The summed E-state index contributed by atoms with van der Waals surface area (Å²) in [7, 11) is 3.99. The molecule has 17 heavy (non-hydrogen) atoms. The van der Waals surface area contributed by atoms with Crippen molar-refractivity contribution < 1.29 is 4.79 Å². The molecule has 0 spiro atoms. The Balaban J connectivity index is 2.40.